The average molecular weight is 371 g/mol. The topological polar surface area (TPSA) is 49.4 Å². The zero-order chi connectivity index (χ0) is 16.4. The normalized spacial score (nSPS) is 19.3. The van der Waals surface area contributed by atoms with Crippen LogP contribution in [0.25, 0.3) is 0 Å². The number of hydrogen-bond acceptors (Lipinski definition) is 4. The molecule has 1 aliphatic rings. The molecule has 1 fully saturated rings. The van der Waals surface area contributed by atoms with E-state index >= 15 is 0 Å². The molecule has 7 heteroatoms. The second kappa shape index (κ2) is 6.91. The summed E-state index contributed by atoms with van der Waals surface area (Å²) in [7, 11) is -3.54. The molecule has 0 spiro atoms. The molecule has 2 aromatic rings. The molecule has 1 atom stereocenters. The van der Waals surface area contributed by atoms with Gasteiger partial charge in [-0.25, -0.2) is 13.1 Å². The van der Waals surface area contributed by atoms with E-state index in [1.807, 2.05) is 0 Å². The van der Waals surface area contributed by atoms with E-state index in [9.17, 15) is 8.42 Å². The number of thiophene rings is 1. The van der Waals surface area contributed by atoms with Crippen molar-refractivity contribution in [1.82, 2.24) is 9.62 Å². The van der Waals surface area contributed by atoms with E-state index in [-0.39, 0.29) is 10.9 Å². The van der Waals surface area contributed by atoms with Gasteiger partial charge in [0.2, 0.25) is 10.0 Å². The van der Waals surface area contributed by atoms with Gasteiger partial charge in [0.25, 0.3) is 0 Å². The van der Waals surface area contributed by atoms with Crippen molar-refractivity contribution in [2.24, 2.45) is 0 Å². The van der Waals surface area contributed by atoms with Crippen LogP contribution in [0.5, 0.6) is 0 Å². The van der Waals surface area contributed by atoms with Crippen LogP contribution in [0.1, 0.15) is 17.5 Å². The lowest BCUT2D eigenvalue weighted by atomic mass is 10.2. The SMILES string of the molecule is Cc1ccc(Cl)cc1S(=O)(=O)NC1CCN(Cc2ccsc2)C1. The first-order valence-electron chi connectivity index (χ1n) is 7.46. The van der Waals surface area contributed by atoms with Crippen LogP contribution >= 0.6 is 22.9 Å². The molecule has 1 unspecified atom stereocenters. The third kappa shape index (κ3) is 4.14. The van der Waals surface area contributed by atoms with Crippen molar-refractivity contribution in [3.8, 4) is 0 Å². The molecule has 0 radical (unpaired) electrons. The number of nitrogens with one attached hydrogen (secondary N) is 1. The summed E-state index contributed by atoms with van der Waals surface area (Å²) in [6, 6.07) is 6.99. The summed E-state index contributed by atoms with van der Waals surface area (Å²) in [6.45, 7) is 4.28. The molecule has 0 aliphatic carbocycles. The smallest absolute Gasteiger partial charge is 0.241 e. The lowest BCUT2D eigenvalue weighted by Gasteiger charge is -2.17. The Hall–Kier alpha value is -0.920. The third-order valence-electron chi connectivity index (χ3n) is 4.02. The number of halogens is 1. The molecular formula is C16H19ClN2O2S2. The Bertz CT molecular complexity index is 775. The Morgan fingerprint density at radius 3 is 2.96 bits per heavy atom. The van der Waals surface area contributed by atoms with Crippen LogP contribution in [-0.4, -0.2) is 32.4 Å². The number of aryl methyl sites for hydroxylation is 1. The van der Waals surface area contributed by atoms with E-state index < -0.39 is 10.0 Å². The number of nitrogens with zero attached hydrogens (tertiary/aromatic N) is 1. The lowest BCUT2D eigenvalue weighted by Crippen LogP contribution is -2.37. The van der Waals surface area contributed by atoms with Crippen molar-refractivity contribution in [2.45, 2.75) is 30.8 Å². The molecule has 23 heavy (non-hydrogen) atoms. The van der Waals surface area contributed by atoms with Gasteiger partial charge in [0, 0.05) is 30.7 Å². The zero-order valence-electron chi connectivity index (χ0n) is 12.8. The molecule has 0 amide bonds. The predicted octanol–water partition coefficient (Wildman–Crippen LogP) is 3.26. The fourth-order valence-electron chi connectivity index (χ4n) is 2.86. The average Bonchev–Trinajstić information content (AvgIpc) is 3.14. The van der Waals surface area contributed by atoms with E-state index in [4.69, 9.17) is 11.6 Å². The van der Waals surface area contributed by atoms with Gasteiger partial charge in [-0.15, -0.1) is 0 Å². The van der Waals surface area contributed by atoms with E-state index in [1.54, 1.807) is 30.4 Å². The van der Waals surface area contributed by atoms with Crippen LogP contribution in [-0.2, 0) is 16.6 Å². The van der Waals surface area contributed by atoms with Crippen LogP contribution in [0.2, 0.25) is 5.02 Å². The first-order valence-corrected chi connectivity index (χ1v) is 10.3. The van der Waals surface area contributed by atoms with Crippen molar-refractivity contribution in [3.63, 3.8) is 0 Å². The molecule has 1 aliphatic heterocycles. The zero-order valence-corrected chi connectivity index (χ0v) is 15.2. The maximum absolute atomic E-state index is 12.6. The van der Waals surface area contributed by atoms with Gasteiger partial charge in [-0.2, -0.15) is 11.3 Å². The van der Waals surface area contributed by atoms with Crippen LogP contribution in [0, 0.1) is 6.92 Å². The number of sulfonamides is 1. The highest BCUT2D eigenvalue weighted by molar-refractivity contribution is 7.89. The van der Waals surface area contributed by atoms with Gasteiger partial charge in [-0.3, -0.25) is 4.90 Å². The second-order valence-electron chi connectivity index (χ2n) is 5.88. The number of hydrogen-bond donors (Lipinski definition) is 1. The van der Waals surface area contributed by atoms with Gasteiger partial charge in [0.15, 0.2) is 0 Å². The fraction of sp³-hybridized carbons (Fsp3) is 0.375. The summed E-state index contributed by atoms with van der Waals surface area (Å²) >= 11 is 7.63. The van der Waals surface area contributed by atoms with Gasteiger partial charge in [0.1, 0.15) is 0 Å². The van der Waals surface area contributed by atoms with Gasteiger partial charge in [-0.1, -0.05) is 17.7 Å². The molecule has 1 N–H and O–H groups in total. The van der Waals surface area contributed by atoms with Gasteiger partial charge < -0.3 is 0 Å². The van der Waals surface area contributed by atoms with Crippen molar-refractivity contribution in [2.75, 3.05) is 13.1 Å². The number of likely N-dealkylation sites (tertiary alicyclic amines) is 1. The highest BCUT2D eigenvalue weighted by Crippen LogP contribution is 2.22. The summed E-state index contributed by atoms with van der Waals surface area (Å²) in [5.41, 5.74) is 1.99. The lowest BCUT2D eigenvalue weighted by molar-refractivity contribution is 0.325. The number of rotatable bonds is 5. The molecular weight excluding hydrogens is 352 g/mol. The standard InChI is InChI=1S/C16H19ClN2O2S2/c1-12-2-3-14(17)8-16(12)23(20,21)18-15-4-6-19(10-15)9-13-5-7-22-11-13/h2-3,5,7-8,11,15,18H,4,6,9-10H2,1H3. The maximum atomic E-state index is 12.6. The van der Waals surface area contributed by atoms with Crippen molar-refractivity contribution in [3.05, 3.63) is 51.2 Å². The van der Waals surface area contributed by atoms with E-state index in [0.29, 0.717) is 10.6 Å². The highest BCUT2D eigenvalue weighted by Gasteiger charge is 2.28. The molecule has 0 saturated carbocycles. The minimum absolute atomic E-state index is 0.0583. The van der Waals surface area contributed by atoms with Crippen molar-refractivity contribution >= 4 is 33.0 Å². The van der Waals surface area contributed by atoms with Gasteiger partial charge >= 0.3 is 0 Å². The summed E-state index contributed by atoms with van der Waals surface area (Å²) < 4.78 is 28.0. The summed E-state index contributed by atoms with van der Waals surface area (Å²) in [4.78, 5) is 2.54. The first kappa shape index (κ1) is 16.9. The minimum atomic E-state index is -3.54. The molecule has 3 rings (SSSR count). The Morgan fingerprint density at radius 2 is 2.22 bits per heavy atom. The summed E-state index contributed by atoms with van der Waals surface area (Å²) in [6.07, 6.45) is 0.822. The Balaban J connectivity index is 1.66. The van der Waals surface area contributed by atoms with Crippen molar-refractivity contribution < 1.29 is 8.42 Å². The second-order valence-corrected chi connectivity index (χ2v) is 8.78. The molecule has 124 valence electrons. The largest absolute Gasteiger partial charge is 0.297 e. The summed E-state index contributed by atoms with van der Waals surface area (Å²) in [5.74, 6) is 0. The summed E-state index contributed by atoms with van der Waals surface area (Å²) in [5, 5.41) is 4.63. The van der Waals surface area contributed by atoms with Crippen LogP contribution in [0.4, 0.5) is 0 Å². The van der Waals surface area contributed by atoms with E-state index in [1.165, 1.54) is 11.6 Å². The maximum Gasteiger partial charge on any atom is 0.241 e. The van der Waals surface area contributed by atoms with E-state index in [0.717, 1.165) is 26.1 Å². The van der Waals surface area contributed by atoms with Crippen molar-refractivity contribution in [1.29, 1.82) is 0 Å². The predicted molar refractivity (Wildman–Crippen MR) is 94.5 cm³/mol. The van der Waals surface area contributed by atoms with E-state index in [2.05, 4.69) is 26.4 Å². The van der Waals surface area contributed by atoms with Crippen LogP contribution in [0.15, 0.2) is 39.9 Å². The van der Waals surface area contributed by atoms with Crippen LogP contribution in [0.3, 0.4) is 0 Å². The highest BCUT2D eigenvalue weighted by atomic mass is 35.5. The molecule has 2 heterocycles. The minimum Gasteiger partial charge on any atom is -0.297 e. The van der Waals surface area contributed by atoms with Gasteiger partial charge in [-0.05, 0) is 53.4 Å². The first-order chi connectivity index (χ1) is 10.9. The quantitative estimate of drug-likeness (QED) is 0.878. The Kier molecular flexibility index (Phi) is 5.08. The molecule has 1 saturated heterocycles. The Morgan fingerprint density at radius 1 is 1.39 bits per heavy atom. The molecule has 1 aromatic carbocycles. The molecule has 4 nitrogen and oxygen atoms in total. The monoisotopic (exact) mass is 370 g/mol. The molecule has 1 aromatic heterocycles. The Labute approximate surface area is 146 Å². The third-order valence-corrected chi connectivity index (χ3v) is 6.65. The van der Waals surface area contributed by atoms with Crippen LogP contribution < -0.4 is 4.72 Å². The fourth-order valence-corrected chi connectivity index (χ4v) is 5.29. The molecule has 0 bridgehead atoms. The van der Waals surface area contributed by atoms with Gasteiger partial charge in [0.05, 0.1) is 4.90 Å². The number of benzene rings is 1.